The number of aliphatic carboxylic acids is 1. The zero-order valence-corrected chi connectivity index (χ0v) is 11.7. The molecule has 5 nitrogen and oxygen atoms in total. The van der Waals surface area contributed by atoms with Gasteiger partial charge >= 0.3 is 12.1 Å². The van der Waals surface area contributed by atoms with E-state index in [1.165, 1.54) is 0 Å². The molecule has 1 saturated heterocycles. The van der Waals surface area contributed by atoms with Crippen LogP contribution >= 0.6 is 0 Å². The number of nitrogens with zero attached hydrogens (tertiary/aromatic N) is 1. The van der Waals surface area contributed by atoms with Gasteiger partial charge in [0, 0.05) is 13.0 Å². The molecule has 19 heavy (non-hydrogen) atoms. The number of ether oxygens (including phenoxy) is 1. The van der Waals surface area contributed by atoms with Gasteiger partial charge in [0.1, 0.15) is 17.8 Å². The van der Waals surface area contributed by atoms with Crippen LogP contribution in [0.2, 0.25) is 0 Å². The van der Waals surface area contributed by atoms with E-state index in [1.54, 1.807) is 13.8 Å². The van der Waals surface area contributed by atoms with Gasteiger partial charge in [-0.25, -0.2) is 14.0 Å². The molecule has 1 aliphatic rings. The summed E-state index contributed by atoms with van der Waals surface area (Å²) in [6, 6.07) is -1.14. The third kappa shape index (κ3) is 3.81. The molecule has 0 saturated carbocycles. The summed E-state index contributed by atoms with van der Waals surface area (Å²) in [5, 5.41) is 9.16. The first-order valence-electron chi connectivity index (χ1n) is 6.72. The normalized spacial score (nSPS) is 28.8. The van der Waals surface area contributed by atoms with Crippen LogP contribution in [0.15, 0.2) is 0 Å². The summed E-state index contributed by atoms with van der Waals surface area (Å²) in [4.78, 5) is 24.2. The highest BCUT2D eigenvalue weighted by Crippen LogP contribution is 2.33. The Hall–Kier alpha value is -1.33. The summed E-state index contributed by atoms with van der Waals surface area (Å²) >= 11 is 0. The predicted octanol–water partition coefficient (Wildman–Crippen LogP) is 2.59. The topological polar surface area (TPSA) is 66.8 Å². The van der Waals surface area contributed by atoms with Gasteiger partial charge < -0.3 is 9.84 Å². The van der Waals surface area contributed by atoms with Crippen LogP contribution in [0.5, 0.6) is 0 Å². The van der Waals surface area contributed by atoms with Crippen LogP contribution in [0, 0.1) is 0 Å². The molecule has 0 aliphatic carbocycles. The fraction of sp³-hybridized carbons (Fsp3) is 0.846. The van der Waals surface area contributed by atoms with Crippen LogP contribution in [-0.4, -0.2) is 46.4 Å². The third-order valence-corrected chi connectivity index (χ3v) is 3.77. The lowest BCUT2D eigenvalue weighted by atomic mass is 9.86. The van der Waals surface area contributed by atoms with Crippen LogP contribution in [0.25, 0.3) is 0 Å². The van der Waals surface area contributed by atoms with E-state index in [0.29, 0.717) is 6.42 Å². The molecule has 3 unspecified atom stereocenters. The lowest BCUT2D eigenvalue weighted by molar-refractivity contribution is -0.147. The summed E-state index contributed by atoms with van der Waals surface area (Å²) in [7, 11) is 0. The largest absolute Gasteiger partial charge is 0.480 e. The van der Waals surface area contributed by atoms with Crippen molar-refractivity contribution in [2.45, 2.75) is 64.3 Å². The Bertz CT molecular complexity index is 350. The second kappa shape index (κ2) is 6.21. The quantitative estimate of drug-likeness (QED) is 0.856. The Morgan fingerprint density at radius 1 is 1.53 bits per heavy atom. The van der Waals surface area contributed by atoms with Crippen LogP contribution in [0.1, 0.15) is 46.5 Å². The van der Waals surface area contributed by atoms with E-state index >= 15 is 0 Å². The van der Waals surface area contributed by atoms with E-state index in [2.05, 4.69) is 0 Å². The average molecular weight is 275 g/mol. The minimum atomic E-state index is -1.50. The summed E-state index contributed by atoms with van der Waals surface area (Å²) in [6.45, 7) is 5.37. The average Bonchev–Trinajstić information content (AvgIpc) is 2.38. The van der Waals surface area contributed by atoms with E-state index in [1.807, 2.05) is 6.92 Å². The molecule has 1 heterocycles. The van der Waals surface area contributed by atoms with Gasteiger partial charge in [0.05, 0.1) is 0 Å². The molecule has 0 aromatic carbocycles. The number of rotatable bonds is 4. The molecule has 110 valence electrons. The maximum absolute atomic E-state index is 14.2. The molecule has 3 atom stereocenters. The van der Waals surface area contributed by atoms with Gasteiger partial charge in [0.15, 0.2) is 0 Å². The highest BCUT2D eigenvalue weighted by atomic mass is 19.1. The Kier molecular flexibility index (Phi) is 5.14. The van der Waals surface area contributed by atoms with E-state index in [4.69, 9.17) is 9.84 Å². The molecule has 1 amide bonds. The molecule has 1 N–H and O–H groups in total. The molecule has 0 spiro atoms. The van der Waals surface area contributed by atoms with Crippen LogP contribution < -0.4 is 0 Å². The van der Waals surface area contributed by atoms with Crippen molar-refractivity contribution in [2.24, 2.45) is 0 Å². The zero-order chi connectivity index (χ0) is 14.6. The van der Waals surface area contributed by atoms with Crippen molar-refractivity contribution >= 4 is 12.1 Å². The van der Waals surface area contributed by atoms with Crippen molar-refractivity contribution in [3.05, 3.63) is 0 Å². The molecule has 0 aromatic heterocycles. The van der Waals surface area contributed by atoms with Crippen molar-refractivity contribution in [1.82, 2.24) is 4.90 Å². The van der Waals surface area contributed by atoms with Crippen molar-refractivity contribution in [3.63, 3.8) is 0 Å². The number of carbonyl (C=O) groups is 2. The molecule has 0 aromatic rings. The predicted molar refractivity (Wildman–Crippen MR) is 67.7 cm³/mol. The standard InChI is InChI=1S/C13H22FNO4/c1-4-9(3)19-12(18)15-7-6-13(14,5-2)8-10(15)11(16)17/h9-10H,4-8H2,1-3H3,(H,16,17). The summed E-state index contributed by atoms with van der Waals surface area (Å²) in [5.41, 5.74) is -1.50. The number of likely N-dealkylation sites (tertiary alicyclic amines) is 1. The number of hydrogen-bond donors (Lipinski definition) is 1. The summed E-state index contributed by atoms with van der Waals surface area (Å²) in [5.74, 6) is -1.18. The van der Waals surface area contributed by atoms with E-state index in [9.17, 15) is 14.0 Å². The van der Waals surface area contributed by atoms with Gasteiger partial charge in [0.25, 0.3) is 0 Å². The fourth-order valence-corrected chi connectivity index (χ4v) is 2.12. The lowest BCUT2D eigenvalue weighted by Crippen LogP contribution is -2.54. The highest BCUT2D eigenvalue weighted by molar-refractivity contribution is 5.80. The number of piperidine rings is 1. The van der Waals surface area contributed by atoms with E-state index < -0.39 is 23.8 Å². The fourth-order valence-electron chi connectivity index (χ4n) is 2.12. The van der Waals surface area contributed by atoms with Gasteiger partial charge in [0.2, 0.25) is 0 Å². The number of halogens is 1. The zero-order valence-electron chi connectivity index (χ0n) is 11.7. The van der Waals surface area contributed by atoms with Crippen molar-refractivity contribution < 1.29 is 23.8 Å². The SMILES string of the molecule is CCC(C)OC(=O)N1CCC(F)(CC)CC1C(=O)O. The Labute approximate surface area is 112 Å². The monoisotopic (exact) mass is 275 g/mol. The Morgan fingerprint density at radius 3 is 2.63 bits per heavy atom. The van der Waals surface area contributed by atoms with Gasteiger partial charge in [-0.05, 0) is 26.2 Å². The lowest BCUT2D eigenvalue weighted by Gasteiger charge is -2.39. The van der Waals surface area contributed by atoms with Crippen LogP contribution in [0.3, 0.4) is 0 Å². The molecule has 6 heteroatoms. The number of carbonyl (C=O) groups excluding carboxylic acids is 1. The summed E-state index contributed by atoms with van der Waals surface area (Å²) < 4.78 is 19.4. The van der Waals surface area contributed by atoms with Gasteiger partial charge in [-0.1, -0.05) is 13.8 Å². The molecular formula is C13H22FNO4. The smallest absolute Gasteiger partial charge is 0.410 e. The van der Waals surface area contributed by atoms with Gasteiger partial charge in [-0.2, -0.15) is 0 Å². The Morgan fingerprint density at radius 2 is 2.16 bits per heavy atom. The second-order valence-electron chi connectivity index (χ2n) is 5.11. The number of carboxylic acids is 1. The molecule has 0 bridgehead atoms. The first-order valence-corrected chi connectivity index (χ1v) is 6.72. The first kappa shape index (κ1) is 15.7. The van der Waals surface area contributed by atoms with E-state index in [0.717, 1.165) is 4.90 Å². The summed E-state index contributed by atoms with van der Waals surface area (Å²) in [6.07, 6.45) is -0.0492. The second-order valence-corrected chi connectivity index (χ2v) is 5.11. The van der Waals surface area contributed by atoms with Crippen LogP contribution in [0.4, 0.5) is 9.18 Å². The van der Waals surface area contributed by atoms with E-state index in [-0.39, 0.29) is 31.9 Å². The maximum Gasteiger partial charge on any atom is 0.410 e. The van der Waals surface area contributed by atoms with Crippen molar-refractivity contribution in [1.29, 1.82) is 0 Å². The highest BCUT2D eigenvalue weighted by Gasteiger charge is 2.44. The first-order chi connectivity index (χ1) is 8.83. The van der Waals surface area contributed by atoms with Crippen molar-refractivity contribution in [2.75, 3.05) is 6.54 Å². The molecule has 1 fully saturated rings. The molecule has 0 radical (unpaired) electrons. The molecular weight excluding hydrogens is 253 g/mol. The molecule has 1 rings (SSSR count). The van der Waals surface area contributed by atoms with Crippen molar-refractivity contribution in [3.8, 4) is 0 Å². The minimum Gasteiger partial charge on any atom is -0.480 e. The maximum atomic E-state index is 14.2. The van der Waals surface area contributed by atoms with Crippen LogP contribution in [-0.2, 0) is 9.53 Å². The van der Waals surface area contributed by atoms with Gasteiger partial charge in [-0.3, -0.25) is 4.90 Å². The third-order valence-electron chi connectivity index (χ3n) is 3.77. The number of carboxylic acid groups (broad SMARTS) is 1. The number of alkyl halides is 1. The molecule has 1 aliphatic heterocycles. The van der Waals surface area contributed by atoms with Gasteiger partial charge in [-0.15, -0.1) is 0 Å². The minimum absolute atomic E-state index is 0.0799. The Balaban J connectivity index is 2.77. The number of hydrogen-bond acceptors (Lipinski definition) is 3. The number of amides is 1.